The van der Waals surface area contributed by atoms with Crippen molar-refractivity contribution in [2.75, 3.05) is 0 Å². The normalized spacial score (nSPS) is 17.4. The van der Waals surface area contributed by atoms with Crippen LogP contribution in [0.15, 0.2) is 59.8 Å². The number of ketones is 1. The lowest BCUT2D eigenvalue weighted by Crippen LogP contribution is -2.52. The Hall–Kier alpha value is -2.33. The van der Waals surface area contributed by atoms with E-state index < -0.39 is 6.23 Å². The average molecular weight is 343 g/mol. The zero-order valence-corrected chi connectivity index (χ0v) is 14.6. The molecule has 0 radical (unpaired) electrons. The van der Waals surface area contributed by atoms with Crippen molar-refractivity contribution in [1.82, 2.24) is 4.90 Å². The number of hydrogen-bond donors (Lipinski definition) is 0. The third kappa shape index (κ3) is 3.15. The van der Waals surface area contributed by atoms with Crippen molar-refractivity contribution in [3.63, 3.8) is 0 Å². The first-order chi connectivity index (χ1) is 11.4. The molecular formula is C19H19ClN2O2. The first-order valence-electron chi connectivity index (χ1n) is 7.76. The van der Waals surface area contributed by atoms with Gasteiger partial charge in [-0.2, -0.15) is 0 Å². The Bertz CT molecular complexity index is 764. The van der Waals surface area contributed by atoms with Gasteiger partial charge in [0.05, 0.1) is 0 Å². The minimum atomic E-state index is -0.780. The molecule has 0 saturated carbocycles. The minimum Gasteiger partial charge on any atom is -0.360 e. The number of carbonyl (C=O) groups excluding carboxylic acids is 1. The molecule has 1 heterocycles. The summed E-state index contributed by atoms with van der Waals surface area (Å²) in [5.74, 6) is 0.520. The molecular weight excluding hydrogens is 324 g/mol. The maximum absolute atomic E-state index is 12.9. The zero-order valence-electron chi connectivity index (χ0n) is 13.9. The number of nitrogens with zero attached hydrogens (tertiary/aromatic N) is 2. The van der Waals surface area contributed by atoms with E-state index in [0.29, 0.717) is 16.4 Å². The Balaban J connectivity index is 1.96. The molecule has 24 heavy (non-hydrogen) atoms. The third-order valence-corrected chi connectivity index (χ3v) is 4.06. The third-order valence-electron chi connectivity index (χ3n) is 3.81. The predicted molar refractivity (Wildman–Crippen MR) is 95.2 cm³/mol. The van der Waals surface area contributed by atoms with Gasteiger partial charge in [-0.1, -0.05) is 47.1 Å². The molecule has 1 atom stereocenters. The van der Waals surface area contributed by atoms with E-state index in [4.69, 9.17) is 16.4 Å². The van der Waals surface area contributed by atoms with Crippen LogP contribution >= 0.6 is 11.6 Å². The number of rotatable bonds is 3. The molecule has 0 bridgehead atoms. The van der Waals surface area contributed by atoms with Crippen LogP contribution in [-0.2, 0) is 4.84 Å². The van der Waals surface area contributed by atoms with Gasteiger partial charge in [0.2, 0.25) is 5.78 Å². The molecule has 0 N–H and O–H groups in total. The molecule has 124 valence electrons. The molecule has 0 fully saturated rings. The van der Waals surface area contributed by atoms with E-state index in [1.54, 1.807) is 24.3 Å². The Kier molecular flexibility index (Phi) is 4.33. The van der Waals surface area contributed by atoms with Crippen molar-refractivity contribution >= 4 is 23.2 Å². The van der Waals surface area contributed by atoms with E-state index in [2.05, 4.69) is 5.16 Å². The van der Waals surface area contributed by atoms with Crippen LogP contribution in [0.3, 0.4) is 0 Å². The molecule has 0 saturated heterocycles. The lowest BCUT2D eigenvalue weighted by molar-refractivity contribution is -0.00821. The molecule has 0 spiro atoms. The summed E-state index contributed by atoms with van der Waals surface area (Å²) in [5, 5.41) is 4.84. The maximum Gasteiger partial charge on any atom is 0.265 e. The Morgan fingerprint density at radius 3 is 2.29 bits per heavy atom. The topological polar surface area (TPSA) is 41.9 Å². The van der Waals surface area contributed by atoms with Crippen molar-refractivity contribution in [3.05, 3.63) is 70.7 Å². The maximum atomic E-state index is 12.9. The standard InChI is InChI=1S/C19H19ClN2O2/c1-19(2,3)22-17(14-9-11-15(20)12-10-14)21-24-18(22)16(23)13-7-5-4-6-8-13/h4-12,18H,1-3H3. The van der Waals surface area contributed by atoms with Gasteiger partial charge in [0, 0.05) is 21.7 Å². The number of hydrogen-bond acceptors (Lipinski definition) is 4. The van der Waals surface area contributed by atoms with Crippen LogP contribution in [0.4, 0.5) is 0 Å². The quantitative estimate of drug-likeness (QED) is 0.779. The van der Waals surface area contributed by atoms with Gasteiger partial charge in [0.15, 0.2) is 5.84 Å². The van der Waals surface area contributed by atoms with E-state index in [1.165, 1.54) is 0 Å². The fourth-order valence-corrected chi connectivity index (χ4v) is 2.80. The van der Waals surface area contributed by atoms with Crippen molar-refractivity contribution in [1.29, 1.82) is 0 Å². The van der Waals surface area contributed by atoms with Crippen molar-refractivity contribution < 1.29 is 9.63 Å². The highest BCUT2D eigenvalue weighted by atomic mass is 35.5. The summed E-state index contributed by atoms with van der Waals surface area (Å²) in [5.41, 5.74) is 1.12. The largest absolute Gasteiger partial charge is 0.360 e. The van der Waals surface area contributed by atoms with Crippen LogP contribution in [-0.4, -0.2) is 28.3 Å². The summed E-state index contributed by atoms with van der Waals surface area (Å²) in [6, 6.07) is 16.5. The lowest BCUT2D eigenvalue weighted by Gasteiger charge is -2.36. The van der Waals surface area contributed by atoms with E-state index in [-0.39, 0.29) is 11.3 Å². The van der Waals surface area contributed by atoms with Crippen LogP contribution in [0.5, 0.6) is 0 Å². The average Bonchev–Trinajstić information content (AvgIpc) is 3.01. The molecule has 1 aliphatic heterocycles. The predicted octanol–water partition coefficient (Wildman–Crippen LogP) is 4.34. The fourth-order valence-electron chi connectivity index (χ4n) is 2.67. The van der Waals surface area contributed by atoms with E-state index >= 15 is 0 Å². The van der Waals surface area contributed by atoms with Gasteiger partial charge in [0.25, 0.3) is 6.23 Å². The first-order valence-corrected chi connectivity index (χ1v) is 8.14. The van der Waals surface area contributed by atoms with Gasteiger partial charge in [-0.05, 0) is 45.0 Å². The van der Waals surface area contributed by atoms with Gasteiger partial charge >= 0.3 is 0 Å². The van der Waals surface area contributed by atoms with Crippen LogP contribution < -0.4 is 0 Å². The van der Waals surface area contributed by atoms with Gasteiger partial charge in [-0.15, -0.1) is 0 Å². The molecule has 0 amide bonds. The van der Waals surface area contributed by atoms with Crippen LogP contribution in [0, 0.1) is 0 Å². The van der Waals surface area contributed by atoms with Crippen LogP contribution in [0.1, 0.15) is 36.7 Å². The number of Topliss-reactive ketones (excluding diaryl/α,β-unsaturated/α-hetero) is 1. The summed E-state index contributed by atoms with van der Waals surface area (Å²) < 4.78 is 0. The lowest BCUT2D eigenvalue weighted by atomic mass is 10.0. The number of halogens is 1. The monoisotopic (exact) mass is 342 g/mol. The molecule has 0 aliphatic carbocycles. The van der Waals surface area contributed by atoms with Crippen molar-refractivity contribution in [2.24, 2.45) is 5.16 Å². The molecule has 3 rings (SSSR count). The highest BCUT2D eigenvalue weighted by Crippen LogP contribution is 2.29. The molecule has 4 nitrogen and oxygen atoms in total. The second-order valence-electron chi connectivity index (χ2n) is 6.65. The zero-order chi connectivity index (χ0) is 17.3. The highest BCUT2D eigenvalue weighted by molar-refractivity contribution is 6.30. The highest BCUT2D eigenvalue weighted by Gasteiger charge is 2.42. The van der Waals surface area contributed by atoms with Gasteiger partial charge < -0.3 is 9.74 Å². The number of oxime groups is 1. The molecule has 1 aliphatic rings. The van der Waals surface area contributed by atoms with Crippen LogP contribution in [0.2, 0.25) is 5.02 Å². The minimum absolute atomic E-state index is 0.113. The van der Waals surface area contributed by atoms with Crippen molar-refractivity contribution in [2.45, 2.75) is 32.5 Å². The Labute approximate surface area is 146 Å². The first kappa shape index (κ1) is 16.5. The fraction of sp³-hybridized carbons (Fsp3) is 0.263. The molecule has 2 aromatic carbocycles. The second kappa shape index (κ2) is 6.29. The summed E-state index contributed by atoms with van der Waals surface area (Å²) in [7, 11) is 0. The summed E-state index contributed by atoms with van der Waals surface area (Å²) >= 11 is 5.96. The molecule has 1 unspecified atom stereocenters. The molecule has 2 aromatic rings. The Morgan fingerprint density at radius 1 is 1.08 bits per heavy atom. The van der Waals surface area contributed by atoms with Gasteiger partial charge in [-0.3, -0.25) is 4.79 Å². The Morgan fingerprint density at radius 2 is 1.71 bits per heavy atom. The number of carbonyl (C=O) groups is 1. The van der Waals surface area contributed by atoms with E-state index in [0.717, 1.165) is 5.56 Å². The SMILES string of the molecule is CC(C)(C)N1C(c2ccc(Cl)cc2)=NOC1C(=O)c1ccccc1. The summed E-state index contributed by atoms with van der Waals surface area (Å²) in [4.78, 5) is 20.3. The summed E-state index contributed by atoms with van der Waals surface area (Å²) in [6.45, 7) is 6.08. The van der Waals surface area contributed by atoms with E-state index in [1.807, 2.05) is 56.0 Å². The smallest absolute Gasteiger partial charge is 0.265 e. The van der Waals surface area contributed by atoms with E-state index in [9.17, 15) is 4.79 Å². The molecule has 0 aromatic heterocycles. The van der Waals surface area contributed by atoms with Gasteiger partial charge in [-0.25, -0.2) is 0 Å². The molecule has 5 heteroatoms. The number of benzene rings is 2. The second-order valence-corrected chi connectivity index (χ2v) is 7.09. The summed E-state index contributed by atoms with van der Waals surface area (Å²) in [6.07, 6.45) is -0.780. The van der Waals surface area contributed by atoms with Gasteiger partial charge in [0.1, 0.15) is 0 Å². The number of amidine groups is 1. The van der Waals surface area contributed by atoms with Crippen LogP contribution in [0.25, 0.3) is 0 Å². The van der Waals surface area contributed by atoms with Crippen molar-refractivity contribution in [3.8, 4) is 0 Å².